The van der Waals surface area contributed by atoms with Gasteiger partial charge in [-0.15, -0.1) is 11.3 Å². The lowest BCUT2D eigenvalue weighted by atomic mass is 10.2. The number of carbonyl (C=O) groups is 2. The first kappa shape index (κ1) is 22.3. The van der Waals surface area contributed by atoms with Gasteiger partial charge in [-0.25, -0.2) is 8.42 Å². The SMILES string of the molecule is Cc1ccc(C(=O)COC(=O)CNS(=O)(=O)c2cc(C(F)(F)F)ccc2Cl)s1. The van der Waals surface area contributed by atoms with Gasteiger partial charge in [0.15, 0.2) is 6.61 Å². The van der Waals surface area contributed by atoms with Gasteiger partial charge in [0.25, 0.3) is 0 Å². The third kappa shape index (κ3) is 5.77. The van der Waals surface area contributed by atoms with Gasteiger partial charge < -0.3 is 4.74 Å². The molecule has 0 saturated heterocycles. The Morgan fingerprint density at radius 3 is 2.46 bits per heavy atom. The van der Waals surface area contributed by atoms with Crippen molar-refractivity contribution in [3.05, 3.63) is 50.7 Å². The molecular weight excluding hydrogens is 443 g/mol. The average molecular weight is 456 g/mol. The highest BCUT2D eigenvalue weighted by molar-refractivity contribution is 7.89. The maximum atomic E-state index is 12.8. The molecule has 0 unspecified atom stereocenters. The van der Waals surface area contributed by atoms with Crippen molar-refractivity contribution in [3.63, 3.8) is 0 Å². The molecule has 0 spiro atoms. The Hall–Kier alpha value is -1.95. The van der Waals surface area contributed by atoms with Gasteiger partial charge in [-0.2, -0.15) is 17.9 Å². The summed E-state index contributed by atoms with van der Waals surface area (Å²) in [6.07, 6.45) is -4.77. The molecule has 6 nitrogen and oxygen atoms in total. The normalized spacial score (nSPS) is 12.0. The Labute approximate surface area is 167 Å². The van der Waals surface area contributed by atoms with E-state index in [-0.39, 0.29) is 0 Å². The van der Waals surface area contributed by atoms with Crippen LogP contribution in [-0.4, -0.2) is 33.3 Å². The first-order valence-corrected chi connectivity index (χ1v) is 10.2. The minimum absolute atomic E-state index is 0.360. The molecule has 1 N–H and O–H groups in total. The van der Waals surface area contributed by atoms with Crippen LogP contribution in [0.4, 0.5) is 13.2 Å². The van der Waals surface area contributed by atoms with E-state index in [1.54, 1.807) is 23.8 Å². The Balaban J connectivity index is 1.99. The fourth-order valence-corrected chi connectivity index (χ4v) is 4.25. The summed E-state index contributed by atoms with van der Waals surface area (Å²) in [5.74, 6) is -1.54. The van der Waals surface area contributed by atoms with Crippen molar-refractivity contribution in [1.82, 2.24) is 4.72 Å². The van der Waals surface area contributed by atoms with Crippen LogP contribution in [0.25, 0.3) is 0 Å². The van der Waals surface area contributed by atoms with Gasteiger partial charge in [-0.1, -0.05) is 11.6 Å². The highest BCUT2D eigenvalue weighted by Gasteiger charge is 2.32. The van der Waals surface area contributed by atoms with Crippen LogP contribution in [0.5, 0.6) is 0 Å². The lowest BCUT2D eigenvalue weighted by molar-refractivity contribution is -0.141. The number of aryl methyl sites for hydroxylation is 1. The standard InChI is InChI=1S/C16H13ClF3NO5S2/c1-9-2-5-13(27-9)12(22)8-26-15(23)7-21-28(24,25)14-6-10(16(18,19)20)3-4-11(14)17/h2-6,21H,7-8H2,1H3. The summed E-state index contributed by atoms with van der Waals surface area (Å²) in [7, 11) is -4.52. The number of sulfonamides is 1. The van der Waals surface area contributed by atoms with Crippen molar-refractivity contribution in [3.8, 4) is 0 Å². The first-order chi connectivity index (χ1) is 12.9. The van der Waals surface area contributed by atoms with E-state index >= 15 is 0 Å². The van der Waals surface area contributed by atoms with Gasteiger partial charge >= 0.3 is 12.1 Å². The van der Waals surface area contributed by atoms with E-state index in [9.17, 15) is 31.2 Å². The Morgan fingerprint density at radius 2 is 1.89 bits per heavy atom. The van der Waals surface area contributed by atoms with E-state index in [0.717, 1.165) is 10.9 Å². The third-order valence-corrected chi connectivity index (χ3v) is 6.26. The van der Waals surface area contributed by atoms with Crippen molar-refractivity contribution in [2.75, 3.05) is 13.2 Å². The molecule has 0 aliphatic rings. The van der Waals surface area contributed by atoms with Crippen LogP contribution in [0.15, 0.2) is 35.2 Å². The maximum Gasteiger partial charge on any atom is 0.416 e. The third-order valence-electron chi connectivity index (χ3n) is 3.33. The van der Waals surface area contributed by atoms with Crippen molar-refractivity contribution in [1.29, 1.82) is 0 Å². The van der Waals surface area contributed by atoms with E-state index < -0.39 is 56.6 Å². The van der Waals surface area contributed by atoms with Crippen LogP contribution in [0, 0.1) is 6.92 Å². The molecule has 2 aromatic rings. The van der Waals surface area contributed by atoms with Gasteiger partial charge in [0.05, 0.1) is 15.5 Å². The molecule has 2 rings (SSSR count). The molecule has 1 aromatic carbocycles. The smallest absolute Gasteiger partial charge is 0.416 e. The molecule has 0 saturated carbocycles. The summed E-state index contributed by atoms with van der Waals surface area (Å²) in [6.45, 7) is 0.317. The number of carbonyl (C=O) groups excluding carboxylic acids is 2. The number of benzene rings is 1. The topological polar surface area (TPSA) is 89.5 Å². The molecule has 0 radical (unpaired) electrons. The molecule has 12 heteroatoms. The Kier molecular flexibility index (Phi) is 6.86. The molecule has 0 atom stereocenters. The second-order valence-electron chi connectivity index (χ2n) is 5.46. The number of rotatable bonds is 7. The van der Waals surface area contributed by atoms with Crippen molar-refractivity contribution >= 4 is 44.7 Å². The zero-order valence-electron chi connectivity index (χ0n) is 14.2. The summed E-state index contributed by atoms with van der Waals surface area (Å²) in [5.41, 5.74) is -1.21. The second-order valence-corrected chi connectivity index (χ2v) is 8.89. The number of alkyl halides is 3. The number of thiophene rings is 1. The number of hydrogen-bond acceptors (Lipinski definition) is 6. The fraction of sp³-hybridized carbons (Fsp3) is 0.250. The fourth-order valence-electron chi connectivity index (χ4n) is 1.97. The van der Waals surface area contributed by atoms with Crippen molar-refractivity contribution < 1.29 is 35.9 Å². The summed E-state index contributed by atoms with van der Waals surface area (Å²) in [6, 6.07) is 5.06. The van der Waals surface area contributed by atoms with E-state index in [2.05, 4.69) is 4.74 Å². The number of ether oxygens (including phenoxy) is 1. The molecule has 1 aromatic heterocycles. The molecule has 0 bridgehead atoms. The van der Waals surface area contributed by atoms with Crippen LogP contribution < -0.4 is 4.72 Å². The van der Waals surface area contributed by atoms with Gasteiger partial charge in [0.1, 0.15) is 11.4 Å². The second kappa shape index (κ2) is 8.60. The molecule has 28 heavy (non-hydrogen) atoms. The van der Waals surface area contributed by atoms with Crippen LogP contribution in [0.1, 0.15) is 20.1 Å². The zero-order chi connectivity index (χ0) is 21.1. The molecular formula is C16H13ClF3NO5S2. The highest BCUT2D eigenvalue weighted by Crippen LogP contribution is 2.33. The molecule has 0 fully saturated rings. The molecule has 0 amide bonds. The Bertz CT molecular complexity index is 1000. The van der Waals surface area contributed by atoms with Crippen LogP contribution in [0.2, 0.25) is 5.02 Å². The molecule has 1 heterocycles. The predicted molar refractivity (Wildman–Crippen MR) is 96.0 cm³/mol. The van der Waals surface area contributed by atoms with Gasteiger partial charge in [-0.05, 0) is 37.3 Å². The monoisotopic (exact) mass is 455 g/mol. The molecule has 152 valence electrons. The molecule has 0 aliphatic carbocycles. The quantitative estimate of drug-likeness (QED) is 0.510. The molecule has 0 aliphatic heterocycles. The van der Waals surface area contributed by atoms with Gasteiger partial charge in [0, 0.05) is 4.88 Å². The van der Waals surface area contributed by atoms with Crippen LogP contribution in [-0.2, 0) is 25.7 Å². The Morgan fingerprint density at radius 1 is 1.21 bits per heavy atom. The van der Waals surface area contributed by atoms with Crippen LogP contribution in [0.3, 0.4) is 0 Å². The van der Waals surface area contributed by atoms with Crippen molar-refractivity contribution in [2.24, 2.45) is 0 Å². The predicted octanol–water partition coefficient (Wildman–Crippen LogP) is 3.43. The van der Waals surface area contributed by atoms with Crippen molar-refractivity contribution in [2.45, 2.75) is 18.0 Å². The summed E-state index contributed by atoms with van der Waals surface area (Å²) >= 11 is 6.88. The summed E-state index contributed by atoms with van der Waals surface area (Å²) in [4.78, 5) is 23.9. The maximum absolute atomic E-state index is 12.8. The van der Waals surface area contributed by atoms with Gasteiger partial charge in [-0.3, -0.25) is 9.59 Å². The van der Waals surface area contributed by atoms with Crippen LogP contribution >= 0.6 is 22.9 Å². The number of esters is 1. The van der Waals surface area contributed by atoms with E-state index in [0.29, 0.717) is 17.0 Å². The van der Waals surface area contributed by atoms with Gasteiger partial charge in [0.2, 0.25) is 15.8 Å². The number of hydrogen-bond donors (Lipinski definition) is 1. The summed E-state index contributed by atoms with van der Waals surface area (Å²) < 4.78 is 69.1. The number of Topliss-reactive ketones (excluding diaryl/α,β-unsaturated/α-hetero) is 1. The lowest BCUT2D eigenvalue weighted by Crippen LogP contribution is -2.32. The lowest BCUT2D eigenvalue weighted by Gasteiger charge is -2.11. The minimum Gasteiger partial charge on any atom is -0.456 e. The highest BCUT2D eigenvalue weighted by atomic mass is 35.5. The minimum atomic E-state index is -4.77. The number of ketones is 1. The number of halogens is 4. The number of nitrogens with one attached hydrogen (secondary N) is 1. The summed E-state index contributed by atoms with van der Waals surface area (Å²) in [5, 5.41) is -0.447. The first-order valence-electron chi connectivity index (χ1n) is 7.52. The van der Waals surface area contributed by atoms with E-state index in [4.69, 9.17) is 11.6 Å². The zero-order valence-corrected chi connectivity index (χ0v) is 16.6. The van der Waals surface area contributed by atoms with E-state index in [1.165, 1.54) is 11.3 Å². The average Bonchev–Trinajstić information content (AvgIpc) is 3.03. The van der Waals surface area contributed by atoms with E-state index in [1.807, 2.05) is 0 Å². The largest absolute Gasteiger partial charge is 0.456 e.